The maximum absolute atomic E-state index is 10.3. The predicted octanol–water partition coefficient (Wildman–Crippen LogP) is 4.88. The highest BCUT2D eigenvalue weighted by molar-refractivity contribution is 5.67. The van der Waals surface area contributed by atoms with Gasteiger partial charge in [0.25, 0.3) is 0 Å². The molecule has 1 rings (SSSR count). The average Bonchev–Trinajstić information content (AvgIpc) is 2.74. The summed E-state index contributed by atoms with van der Waals surface area (Å²) in [5.74, 6) is -0.0667. The van der Waals surface area contributed by atoms with E-state index in [1.54, 1.807) is 0 Å². The number of carboxylic acids is 1. The average molecular weight is 425 g/mol. The van der Waals surface area contributed by atoms with Crippen molar-refractivity contribution in [3.63, 3.8) is 0 Å². The highest BCUT2D eigenvalue weighted by Crippen LogP contribution is 2.15. The topological polar surface area (TPSA) is 74.2 Å². The molecule has 6 nitrogen and oxygen atoms in total. The summed E-state index contributed by atoms with van der Waals surface area (Å²) in [6, 6.07) is 8.44. The second-order valence-corrected chi connectivity index (χ2v) is 7.39. The maximum Gasteiger partial charge on any atom is 0.329 e. The van der Waals surface area contributed by atoms with E-state index < -0.39 is 5.97 Å². The Morgan fingerprint density at radius 2 is 1.33 bits per heavy atom. The molecule has 0 saturated heterocycles. The Balaban J connectivity index is 1.91. The summed E-state index contributed by atoms with van der Waals surface area (Å²) in [7, 11) is 0. The molecule has 30 heavy (non-hydrogen) atoms. The first kappa shape index (κ1) is 26.4. The van der Waals surface area contributed by atoms with Gasteiger partial charge in [-0.1, -0.05) is 57.6 Å². The molecule has 1 aromatic rings. The van der Waals surface area contributed by atoms with Crippen LogP contribution in [-0.2, 0) is 25.4 Å². The van der Waals surface area contributed by atoms with Crippen LogP contribution < -0.4 is 4.74 Å². The van der Waals surface area contributed by atoms with Crippen molar-refractivity contribution in [2.24, 2.45) is 0 Å². The van der Waals surface area contributed by atoms with Crippen LogP contribution >= 0.6 is 0 Å². The molecule has 0 saturated carbocycles. The first-order valence-electron chi connectivity index (χ1n) is 11.4. The molecule has 0 aliphatic carbocycles. The molecule has 0 aliphatic rings. The molecule has 1 aromatic carbocycles. The zero-order valence-corrected chi connectivity index (χ0v) is 18.6. The largest absolute Gasteiger partial charge is 0.494 e. The van der Waals surface area contributed by atoms with E-state index in [4.69, 9.17) is 24.1 Å². The number of carbonyl (C=O) groups is 1. The van der Waals surface area contributed by atoms with Crippen molar-refractivity contribution in [1.82, 2.24) is 0 Å². The molecule has 0 amide bonds. The fourth-order valence-electron chi connectivity index (χ4n) is 2.99. The first-order valence-corrected chi connectivity index (χ1v) is 11.4. The fourth-order valence-corrected chi connectivity index (χ4v) is 2.99. The summed E-state index contributed by atoms with van der Waals surface area (Å²) in [5, 5.41) is 8.41. The number of aliphatic carboxylic acids is 1. The van der Waals surface area contributed by atoms with E-state index in [0.717, 1.165) is 18.6 Å². The number of carboxylic acid groups (broad SMARTS) is 1. The lowest BCUT2D eigenvalue weighted by Crippen LogP contribution is -2.13. The van der Waals surface area contributed by atoms with Crippen molar-refractivity contribution in [2.45, 2.75) is 64.7 Å². The number of benzene rings is 1. The zero-order chi connectivity index (χ0) is 21.7. The van der Waals surface area contributed by atoms with Gasteiger partial charge in [-0.25, -0.2) is 4.79 Å². The molecule has 0 bridgehead atoms. The number of hydrogen-bond acceptors (Lipinski definition) is 5. The molecular formula is C24H40O6. The van der Waals surface area contributed by atoms with Crippen molar-refractivity contribution >= 4 is 5.97 Å². The minimum Gasteiger partial charge on any atom is -0.494 e. The quantitative estimate of drug-likeness (QED) is 0.283. The van der Waals surface area contributed by atoms with Crippen LogP contribution in [-0.4, -0.2) is 57.3 Å². The third kappa shape index (κ3) is 16.2. The van der Waals surface area contributed by atoms with Crippen LogP contribution in [0.2, 0.25) is 0 Å². The minimum absolute atomic E-state index is 0.276. The Kier molecular flexibility index (Phi) is 17.0. The van der Waals surface area contributed by atoms with Crippen LogP contribution in [0.25, 0.3) is 0 Å². The van der Waals surface area contributed by atoms with Crippen LogP contribution in [0, 0.1) is 0 Å². The Morgan fingerprint density at radius 3 is 2.00 bits per heavy atom. The summed E-state index contributed by atoms with van der Waals surface area (Å²) in [6.45, 7) is 4.83. The maximum atomic E-state index is 10.3. The summed E-state index contributed by atoms with van der Waals surface area (Å²) in [5.41, 5.74) is 1.38. The molecule has 0 aliphatic heterocycles. The van der Waals surface area contributed by atoms with Gasteiger partial charge < -0.3 is 24.1 Å². The lowest BCUT2D eigenvalue weighted by atomic mass is 10.0. The summed E-state index contributed by atoms with van der Waals surface area (Å²) in [6.07, 6.45) is 11.4. The molecule has 0 fully saturated rings. The van der Waals surface area contributed by atoms with Gasteiger partial charge in [0.05, 0.1) is 33.0 Å². The van der Waals surface area contributed by atoms with Crippen molar-refractivity contribution in [1.29, 1.82) is 0 Å². The van der Waals surface area contributed by atoms with Gasteiger partial charge >= 0.3 is 5.97 Å². The predicted molar refractivity (Wildman–Crippen MR) is 118 cm³/mol. The van der Waals surface area contributed by atoms with Gasteiger partial charge in [0.1, 0.15) is 12.4 Å². The highest BCUT2D eigenvalue weighted by atomic mass is 16.5. The fraction of sp³-hybridized carbons (Fsp3) is 0.708. The molecule has 0 unspecified atom stereocenters. The molecule has 0 heterocycles. The van der Waals surface area contributed by atoms with Gasteiger partial charge in [-0.15, -0.1) is 0 Å². The molecule has 1 N–H and O–H groups in total. The molecule has 0 aromatic heterocycles. The number of hydrogen-bond donors (Lipinski definition) is 1. The van der Waals surface area contributed by atoms with E-state index in [-0.39, 0.29) is 13.2 Å². The van der Waals surface area contributed by atoms with E-state index in [0.29, 0.717) is 33.0 Å². The van der Waals surface area contributed by atoms with Gasteiger partial charge in [-0.05, 0) is 30.5 Å². The normalized spacial score (nSPS) is 11.0. The van der Waals surface area contributed by atoms with Crippen molar-refractivity contribution in [3.05, 3.63) is 29.8 Å². The molecule has 0 atom stereocenters. The van der Waals surface area contributed by atoms with Crippen molar-refractivity contribution < 1.29 is 28.8 Å². The van der Waals surface area contributed by atoms with E-state index in [1.807, 2.05) is 0 Å². The summed E-state index contributed by atoms with van der Waals surface area (Å²) in [4.78, 5) is 10.3. The monoisotopic (exact) mass is 424 g/mol. The number of ether oxygens (including phenoxy) is 4. The van der Waals surface area contributed by atoms with Gasteiger partial charge in [0, 0.05) is 13.0 Å². The lowest BCUT2D eigenvalue weighted by Gasteiger charge is -2.08. The third-order valence-corrected chi connectivity index (χ3v) is 4.66. The molecular weight excluding hydrogens is 384 g/mol. The summed E-state index contributed by atoms with van der Waals surface area (Å²) >= 11 is 0. The first-order chi connectivity index (χ1) is 14.7. The summed E-state index contributed by atoms with van der Waals surface area (Å²) < 4.78 is 21.4. The Morgan fingerprint density at radius 1 is 0.733 bits per heavy atom. The minimum atomic E-state index is -0.972. The van der Waals surface area contributed by atoms with Crippen LogP contribution in [0.5, 0.6) is 5.75 Å². The second-order valence-electron chi connectivity index (χ2n) is 7.39. The van der Waals surface area contributed by atoms with Gasteiger partial charge in [0.15, 0.2) is 0 Å². The van der Waals surface area contributed by atoms with Crippen LogP contribution in [0.15, 0.2) is 24.3 Å². The van der Waals surface area contributed by atoms with E-state index in [9.17, 15) is 4.79 Å². The van der Waals surface area contributed by atoms with Crippen LogP contribution in [0.1, 0.15) is 63.9 Å². The third-order valence-electron chi connectivity index (χ3n) is 4.66. The van der Waals surface area contributed by atoms with E-state index in [1.165, 1.54) is 50.5 Å². The van der Waals surface area contributed by atoms with Crippen molar-refractivity contribution in [2.75, 3.05) is 46.2 Å². The standard InChI is InChI=1S/C24H40O6/c1-2-3-4-5-6-7-8-10-22-11-13-23(14-12-22)30-16-9-15-27-17-18-28-19-20-29-21-24(25)26/h11-14H,2-10,15-21H2,1H3,(H,25,26). The zero-order valence-electron chi connectivity index (χ0n) is 18.6. The SMILES string of the molecule is CCCCCCCCCc1ccc(OCCCOCCOCCOCC(=O)O)cc1. The Bertz CT molecular complexity index is 517. The molecule has 6 heteroatoms. The molecule has 0 radical (unpaired) electrons. The smallest absolute Gasteiger partial charge is 0.329 e. The number of rotatable bonds is 21. The second kappa shape index (κ2) is 19.3. The van der Waals surface area contributed by atoms with Crippen molar-refractivity contribution in [3.8, 4) is 5.75 Å². The number of unbranched alkanes of at least 4 members (excludes halogenated alkanes) is 6. The number of aryl methyl sites for hydroxylation is 1. The molecule has 0 spiro atoms. The molecule has 172 valence electrons. The highest BCUT2D eigenvalue weighted by Gasteiger charge is 1.99. The lowest BCUT2D eigenvalue weighted by molar-refractivity contribution is -0.142. The van der Waals surface area contributed by atoms with Crippen LogP contribution in [0.4, 0.5) is 0 Å². The van der Waals surface area contributed by atoms with Gasteiger partial charge in [0.2, 0.25) is 0 Å². The van der Waals surface area contributed by atoms with E-state index >= 15 is 0 Å². The van der Waals surface area contributed by atoms with Gasteiger partial charge in [-0.2, -0.15) is 0 Å². The van der Waals surface area contributed by atoms with Gasteiger partial charge in [-0.3, -0.25) is 0 Å². The Labute approximate surface area is 181 Å². The Hall–Kier alpha value is -1.63. The van der Waals surface area contributed by atoms with E-state index in [2.05, 4.69) is 31.2 Å². The van der Waals surface area contributed by atoms with Crippen LogP contribution in [0.3, 0.4) is 0 Å².